The van der Waals surface area contributed by atoms with Gasteiger partial charge in [-0.05, 0) is 36.1 Å². The minimum Gasteiger partial charge on any atom is -0.384 e. The molecule has 1 aromatic rings. The Balaban J connectivity index is 2.95. The molecule has 0 bridgehead atoms. The average molecular weight is 319 g/mol. The molecule has 0 fully saturated rings. The van der Waals surface area contributed by atoms with E-state index in [0.29, 0.717) is 5.82 Å². The van der Waals surface area contributed by atoms with Crippen LogP contribution in [0.1, 0.15) is 37.5 Å². The lowest BCUT2D eigenvalue weighted by atomic mass is 9.99. The highest BCUT2D eigenvalue weighted by Gasteiger charge is 2.19. The van der Waals surface area contributed by atoms with Crippen molar-refractivity contribution in [2.75, 3.05) is 13.8 Å². The molecule has 4 N–H and O–H groups in total. The third-order valence-electron chi connectivity index (χ3n) is 3.47. The molecule has 0 radical (unpaired) electrons. The highest BCUT2D eigenvalue weighted by molar-refractivity contribution is 6.09. The predicted molar refractivity (Wildman–Crippen MR) is 94.8 cm³/mol. The van der Waals surface area contributed by atoms with Gasteiger partial charge in [0.1, 0.15) is 12.5 Å². The van der Waals surface area contributed by atoms with E-state index in [1.54, 1.807) is 6.21 Å². The maximum Gasteiger partial charge on any atom is 0.119 e. The van der Waals surface area contributed by atoms with Crippen LogP contribution >= 0.6 is 0 Å². The number of hydrogen-bond donors (Lipinski definition) is 2. The summed E-state index contributed by atoms with van der Waals surface area (Å²) in [5.41, 5.74) is 14.3. The first-order valence-electron chi connectivity index (χ1n) is 7.68. The van der Waals surface area contributed by atoms with E-state index in [1.807, 2.05) is 50.3 Å². The minimum atomic E-state index is -0.674. The number of halogens is 1. The number of aliphatic imine (C=N–C) groups is 1. The van der Waals surface area contributed by atoms with Gasteiger partial charge in [0.15, 0.2) is 0 Å². The first kappa shape index (κ1) is 19.1. The molecular weight excluding hydrogens is 293 g/mol. The van der Waals surface area contributed by atoms with Gasteiger partial charge in [-0.25, -0.2) is 9.38 Å². The lowest BCUT2D eigenvalue weighted by Gasteiger charge is -2.20. The number of nitrogens with two attached hydrogens (primary N) is 2. The second kappa shape index (κ2) is 9.92. The quantitative estimate of drug-likeness (QED) is 0.722. The van der Waals surface area contributed by atoms with E-state index in [2.05, 4.69) is 4.99 Å². The van der Waals surface area contributed by atoms with Crippen LogP contribution < -0.4 is 11.5 Å². The zero-order chi connectivity index (χ0) is 17.2. The van der Waals surface area contributed by atoms with Crippen LogP contribution in [0.25, 0.3) is 5.57 Å². The van der Waals surface area contributed by atoms with Gasteiger partial charge in [0.05, 0.1) is 12.1 Å². The Morgan fingerprint density at radius 2 is 2.00 bits per heavy atom. The third-order valence-corrected chi connectivity index (χ3v) is 3.47. The fourth-order valence-corrected chi connectivity index (χ4v) is 2.23. The van der Waals surface area contributed by atoms with E-state index in [4.69, 9.17) is 16.2 Å². The van der Waals surface area contributed by atoms with Gasteiger partial charge in [0.2, 0.25) is 0 Å². The minimum absolute atomic E-state index is 0.458. The largest absolute Gasteiger partial charge is 0.384 e. The second-order valence-corrected chi connectivity index (χ2v) is 5.14. The summed E-state index contributed by atoms with van der Waals surface area (Å²) in [6.45, 7) is 3.31. The molecule has 2 unspecified atom stereocenters. The molecule has 2 atom stereocenters. The van der Waals surface area contributed by atoms with Crippen LogP contribution in [0.15, 0.2) is 47.2 Å². The summed E-state index contributed by atoms with van der Waals surface area (Å²) < 4.78 is 18.1. The van der Waals surface area contributed by atoms with E-state index in [1.165, 1.54) is 7.11 Å². The van der Waals surface area contributed by atoms with E-state index < -0.39 is 18.8 Å². The number of benzene rings is 1. The molecule has 0 aromatic heterocycles. The fraction of sp³-hybridized carbons (Fsp3) is 0.389. The Morgan fingerprint density at radius 3 is 2.48 bits per heavy atom. The number of nitrogens with zero attached hydrogens (tertiary/aromatic N) is 1. The van der Waals surface area contributed by atoms with Crippen LogP contribution in [0.3, 0.4) is 0 Å². The van der Waals surface area contributed by atoms with E-state index in [-0.39, 0.29) is 0 Å². The molecule has 5 heteroatoms. The van der Waals surface area contributed by atoms with Gasteiger partial charge in [-0.2, -0.15) is 0 Å². The van der Waals surface area contributed by atoms with Crippen LogP contribution in [0, 0.1) is 0 Å². The fourth-order valence-electron chi connectivity index (χ4n) is 2.23. The van der Waals surface area contributed by atoms with Gasteiger partial charge in [-0.1, -0.05) is 37.3 Å². The smallest absolute Gasteiger partial charge is 0.119 e. The van der Waals surface area contributed by atoms with Crippen molar-refractivity contribution in [3.05, 3.63) is 53.4 Å². The Morgan fingerprint density at radius 1 is 1.35 bits per heavy atom. The normalized spacial score (nSPS) is 15.9. The number of allylic oxidation sites excluding steroid dienone is 3. The molecule has 0 aliphatic carbocycles. The molecule has 0 saturated carbocycles. The van der Waals surface area contributed by atoms with Crippen molar-refractivity contribution in [1.82, 2.24) is 0 Å². The van der Waals surface area contributed by atoms with Crippen molar-refractivity contribution in [2.24, 2.45) is 16.5 Å². The van der Waals surface area contributed by atoms with Gasteiger partial charge in [0.25, 0.3) is 0 Å². The molecule has 0 saturated heterocycles. The number of methoxy groups -OCH3 is 1. The maximum atomic E-state index is 12.8. The van der Waals surface area contributed by atoms with Gasteiger partial charge < -0.3 is 16.2 Å². The maximum absolute atomic E-state index is 12.8. The molecule has 126 valence electrons. The summed E-state index contributed by atoms with van der Waals surface area (Å²) in [5.74, 6) is 0.497. The monoisotopic (exact) mass is 319 g/mol. The Labute approximate surface area is 137 Å². The highest BCUT2D eigenvalue weighted by Crippen LogP contribution is 2.22. The van der Waals surface area contributed by atoms with Crippen LogP contribution in [0.2, 0.25) is 0 Å². The molecule has 1 rings (SSSR count). The number of hydrogen-bond acceptors (Lipinski definition) is 4. The second-order valence-electron chi connectivity index (χ2n) is 5.14. The molecule has 1 aromatic carbocycles. The molecule has 0 aliphatic heterocycles. The van der Waals surface area contributed by atoms with Crippen LogP contribution in [-0.4, -0.2) is 26.0 Å². The van der Waals surface area contributed by atoms with E-state index >= 15 is 0 Å². The van der Waals surface area contributed by atoms with Crippen molar-refractivity contribution >= 4 is 11.8 Å². The van der Waals surface area contributed by atoms with Crippen LogP contribution in [0.4, 0.5) is 4.39 Å². The van der Waals surface area contributed by atoms with Crippen molar-refractivity contribution in [1.29, 1.82) is 0 Å². The summed E-state index contributed by atoms with van der Waals surface area (Å²) in [4.78, 5) is 4.23. The van der Waals surface area contributed by atoms with Gasteiger partial charge in [0, 0.05) is 13.3 Å². The van der Waals surface area contributed by atoms with E-state index in [9.17, 15) is 4.39 Å². The van der Waals surface area contributed by atoms with E-state index in [0.717, 1.165) is 23.1 Å². The third kappa shape index (κ3) is 5.62. The number of alkyl halides is 1. The first-order valence-corrected chi connectivity index (χ1v) is 7.68. The summed E-state index contributed by atoms with van der Waals surface area (Å²) >= 11 is 0. The summed E-state index contributed by atoms with van der Waals surface area (Å²) in [6, 6.07) is 6.98. The van der Waals surface area contributed by atoms with Gasteiger partial charge in [-0.15, -0.1) is 0 Å². The first-order chi connectivity index (χ1) is 11.1. The Hall–Kier alpha value is -1.98. The molecule has 0 amide bonds. The SMILES string of the molecule is C\C=C(/C=N\C(N)=C\CC)c1ccc(C(OC)C(N)CF)cc1. The molecule has 0 spiro atoms. The predicted octanol–water partition coefficient (Wildman–Crippen LogP) is 3.36. The topological polar surface area (TPSA) is 73.6 Å². The van der Waals surface area contributed by atoms with Crippen LogP contribution in [0.5, 0.6) is 0 Å². The zero-order valence-electron chi connectivity index (χ0n) is 14.0. The van der Waals surface area contributed by atoms with Crippen molar-refractivity contribution in [3.8, 4) is 0 Å². The molecular formula is C18H26FN3O. The average Bonchev–Trinajstić information content (AvgIpc) is 2.57. The standard InChI is InChI=1S/C18H26FN3O/c1-4-6-17(21)22-12-13(5-2)14-7-9-15(10-8-14)18(23-3)16(20)11-19/h5-10,12,16,18H,4,11,20-21H2,1-3H3/b13-5+,17-6+,22-12-. The summed E-state index contributed by atoms with van der Waals surface area (Å²) in [6.07, 6.45) is 5.93. The lowest BCUT2D eigenvalue weighted by molar-refractivity contribution is 0.0721. The lowest BCUT2D eigenvalue weighted by Crippen LogP contribution is -2.31. The summed E-state index contributed by atoms with van der Waals surface area (Å²) in [7, 11) is 1.53. The number of rotatable bonds is 8. The zero-order valence-corrected chi connectivity index (χ0v) is 14.0. The van der Waals surface area contributed by atoms with Gasteiger partial charge >= 0.3 is 0 Å². The van der Waals surface area contributed by atoms with Crippen molar-refractivity contribution in [2.45, 2.75) is 32.4 Å². The van der Waals surface area contributed by atoms with Crippen molar-refractivity contribution in [3.63, 3.8) is 0 Å². The molecule has 23 heavy (non-hydrogen) atoms. The highest BCUT2D eigenvalue weighted by atomic mass is 19.1. The van der Waals surface area contributed by atoms with Crippen LogP contribution in [-0.2, 0) is 4.74 Å². The summed E-state index contributed by atoms with van der Waals surface area (Å²) in [5, 5.41) is 0. The molecule has 0 aliphatic rings. The Bertz CT molecular complexity index is 564. The Kier molecular flexibility index (Phi) is 8.22. The molecule has 4 nitrogen and oxygen atoms in total. The van der Waals surface area contributed by atoms with Crippen molar-refractivity contribution < 1.29 is 9.13 Å². The molecule has 0 heterocycles. The van der Waals surface area contributed by atoms with Gasteiger partial charge in [-0.3, -0.25) is 0 Å². The number of ether oxygens (including phenoxy) is 1.